The third-order valence-electron chi connectivity index (χ3n) is 4.56. The molecular weight excluding hydrogens is 324 g/mol. The van der Waals surface area contributed by atoms with E-state index in [4.69, 9.17) is 0 Å². The molecule has 0 aromatic heterocycles. The van der Waals surface area contributed by atoms with E-state index in [1.807, 2.05) is 7.05 Å². The van der Waals surface area contributed by atoms with E-state index in [0.29, 0.717) is 16.8 Å². The molecule has 1 atom stereocenters. The standard InChI is InChI=1S/C16H22BrF2N/c1-10-3-5-11(6-4-10)15(20-2)9-12-14(18)8-7-13(17)16(12)19/h7-8,10-11,15,20H,3-6,9H2,1-2H3. The minimum Gasteiger partial charge on any atom is -0.316 e. The number of hydrogen-bond acceptors (Lipinski definition) is 1. The van der Waals surface area contributed by atoms with E-state index in [2.05, 4.69) is 28.2 Å². The van der Waals surface area contributed by atoms with E-state index >= 15 is 0 Å². The monoisotopic (exact) mass is 345 g/mol. The van der Waals surface area contributed by atoms with Crippen molar-refractivity contribution in [3.8, 4) is 0 Å². The minimum absolute atomic E-state index is 0.140. The lowest BCUT2D eigenvalue weighted by molar-refractivity contribution is 0.233. The first-order chi connectivity index (χ1) is 9.52. The molecule has 1 aromatic rings. The summed E-state index contributed by atoms with van der Waals surface area (Å²) < 4.78 is 28.3. The van der Waals surface area contributed by atoms with Gasteiger partial charge in [0.15, 0.2) is 0 Å². The molecule has 112 valence electrons. The van der Waals surface area contributed by atoms with Crippen LogP contribution in [0.5, 0.6) is 0 Å². The lowest BCUT2D eigenvalue weighted by Gasteiger charge is -2.33. The second-order valence-corrected chi connectivity index (χ2v) is 6.80. The van der Waals surface area contributed by atoms with Crippen molar-refractivity contribution < 1.29 is 8.78 Å². The zero-order chi connectivity index (χ0) is 14.7. The molecule has 1 N–H and O–H groups in total. The molecule has 1 aliphatic carbocycles. The first-order valence-electron chi connectivity index (χ1n) is 7.32. The van der Waals surface area contributed by atoms with Gasteiger partial charge in [0.2, 0.25) is 0 Å². The highest BCUT2D eigenvalue weighted by Crippen LogP contribution is 2.32. The molecule has 1 saturated carbocycles. The number of likely N-dealkylation sites (N-methyl/N-ethyl adjacent to an activating group) is 1. The molecule has 2 rings (SSSR count). The fourth-order valence-electron chi connectivity index (χ4n) is 3.17. The SMILES string of the molecule is CNC(Cc1c(F)ccc(Br)c1F)C1CCC(C)CC1. The maximum absolute atomic E-state index is 14.1. The molecule has 0 amide bonds. The smallest absolute Gasteiger partial charge is 0.143 e. The van der Waals surface area contributed by atoms with Crippen molar-refractivity contribution in [3.63, 3.8) is 0 Å². The molecule has 0 heterocycles. The Morgan fingerprint density at radius 1 is 1.25 bits per heavy atom. The third-order valence-corrected chi connectivity index (χ3v) is 5.18. The number of nitrogens with one attached hydrogen (secondary N) is 1. The van der Waals surface area contributed by atoms with Gasteiger partial charge in [-0.3, -0.25) is 0 Å². The predicted molar refractivity (Wildman–Crippen MR) is 81.7 cm³/mol. The van der Waals surface area contributed by atoms with Crippen molar-refractivity contribution in [1.82, 2.24) is 5.32 Å². The van der Waals surface area contributed by atoms with Crippen molar-refractivity contribution in [2.45, 2.75) is 45.1 Å². The van der Waals surface area contributed by atoms with E-state index in [0.717, 1.165) is 18.8 Å². The Hall–Kier alpha value is -0.480. The van der Waals surface area contributed by atoms with Crippen molar-refractivity contribution >= 4 is 15.9 Å². The first kappa shape index (κ1) is 15.9. The fourth-order valence-corrected chi connectivity index (χ4v) is 3.54. The summed E-state index contributed by atoms with van der Waals surface area (Å²) in [6.45, 7) is 2.28. The van der Waals surface area contributed by atoms with Gasteiger partial charge in [-0.05, 0) is 66.2 Å². The van der Waals surface area contributed by atoms with Gasteiger partial charge in [0.1, 0.15) is 11.6 Å². The molecule has 1 aromatic carbocycles. The van der Waals surface area contributed by atoms with Gasteiger partial charge in [-0.1, -0.05) is 19.8 Å². The molecule has 1 aliphatic rings. The summed E-state index contributed by atoms with van der Waals surface area (Å²) in [6, 6.07) is 2.89. The van der Waals surface area contributed by atoms with E-state index in [1.165, 1.54) is 25.0 Å². The quantitative estimate of drug-likeness (QED) is 0.781. The first-order valence-corrected chi connectivity index (χ1v) is 8.11. The molecule has 0 aliphatic heterocycles. The van der Waals surface area contributed by atoms with Crippen LogP contribution in [0.15, 0.2) is 16.6 Å². The van der Waals surface area contributed by atoms with Crippen LogP contribution in [0.1, 0.15) is 38.2 Å². The van der Waals surface area contributed by atoms with Crippen LogP contribution in [0.3, 0.4) is 0 Å². The van der Waals surface area contributed by atoms with Gasteiger partial charge in [-0.25, -0.2) is 8.78 Å². The van der Waals surface area contributed by atoms with Crippen molar-refractivity contribution in [3.05, 3.63) is 33.8 Å². The Balaban J connectivity index is 2.12. The third kappa shape index (κ3) is 3.59. The molecule has 0 spiro atoms. The maximum atomic E-state index is 14.1. The number of hydrogen-bond donors (Lipinski definition) is 1. The molecule has 4 heteroatoms. The summed E-state index contributed by atoms with van der Waals surface area (Å²) in [5.41, 5.74) is 0.192. The van der Waals surface area contributed by atoms with E-state index in [1.54, 1.807) is 0 Å². The summed E-state index contributed by atoms with van der Waals surface area (Å²) in [6.07, 6.45) is 5.12. The Morgan fingerprint density at radius 2 is 1.90 bits per heavy atom. The normalized spacial score (nSPS) is 24.6. The van der Waals surface area contributed by atoms with E-state index in [9.17, 15) is 8.78 Å². The summed E-state index contributed by atoms with van der Waals surface area (Å²) in [5, 5.41) is 3.26. The topological polar surface area (TPSA) is 12.0 Å². The lowest BCUT2D eigenvalue weighted by atomic mass is 9.77. The zero-order valence-electron chi connectivity index (χ0n) is 12.1. The molecular formula is C16H22BrF2N. The predicted octanol–water partition coefficient (Wildman–Crippen LogP) is 4.68. The zero-order valence-corrected chi connectivity index (χ0v) is 13.6. The summed E-state index contributed by atoms with van der Waals surface area (Å²) in [5.74, 6) is 0.377. The number of benzene rings is 1. The van der Waals surface area contributed by atoms with Crippen LogP contribution in [0.4, 0.5) is 8.78 Å². The summed E-state index contributed by atoms with van der Waals surface area (Å²) >= 11 is 3.13. The van der Waals surface area contributed by atoms with Gasteiger partial charge in [-0.15, -0.1) is 0 Å². The van der Waals surface area contributed by atoms with E-state index < -0.39 is 11.6 Å². The van der Waals surface area contributed by atoms with Crippen LogP contribution in [-0.2, 0) is 6.42 Å². The highest BCUT2D eigenvalue weighted by Gasteiger charge is 2.27. The van der Waals surface area contributed by atoms with Gasteiger partial charge in [0.05, 0.1) is 4.47 Å². The molecule has 1 nitrogen and oxygen atoms in total. The number of rotatable bonds is 4. The average molecular weight is 346 g/mol. The van der Waals surface area contributed by atoms with Gasteiger partial charge in [-0.2, -0.15) is 0 Å². The van der Waals surface area contributed by atoms with Crippen LogP contribution < -0.4 is 5.32 Å². The van der Waals surface area contributed by atoms with Crippen LogP contribution >= 0.6 is 15.9 Å². The molecule has 20 heavy (non-hydrogen) atoms. The van der Waals surface area contributed by atoms with Crippen LogP contribution in [0.2, 0.25) is 0 Å². The lowest BCUT2D eigenvalue weighted by Crippen LogP contribution is -2.38. The second-order valence-electron chi connectivity index (χ2n) is 5.94. The van der Waals surface area contributed by atoms with Crippen molar-refractivity contribution in [1.29, 1.82) is 0 Å². The maximum Gasteiger partial charge on any atom is 0.143 e. The molecule has 1 fully saturated rings. The van der Waals surface area contributed by atoms with E-state index in [-0.39, 0.29) is 11.6 Å². The van der Waals surface area contributed by atoms with Crippen molar-refractivity contribution in [2.24, 2.45) is 11.8 Å². The Bertz CT molecular complexity index is 456. The highest BCUT2D eigenvalue weighted by atomic mass is 79.9. The summed E-state index contributed by atoms with van der Waals surface area (Å²) in [4.78, 5) is 0. The molecule has 0 bridgehead atoms. The van der Waals surface area contributed by atoms with Gasteiger partial charge >= 0.3 is 0 Å². The number of halogens is 3. The van der Waals surface area contributed by atoms with Crippen molar-refractivity contribution in [2.75, 3.05) is 7.05 Å². The molecule has 0 radical (unpaired) electrons. The Labute approximate surface area is 128 Å². The molecule has 1 unspecified atom stereocenters. The van der Waals surface area contributed by atoms with Crippen LogP contribution in [-0.4, -0.2) is 13.1 Å². The summed E-state index contributed by atoms with van der Waals surface area (Å²) in [7, 11) is 1.89. The largest absolute Gasteiger partial charge is 0.316 e. The van der Waals surface area contributed by atoms with Gasteiger partial charge in [0, 0.05) is 11.6 Å². The van der Waals surface area contributed by atoms with Gasteiger partial charge < -0.3 is 5.32 Å². The second kappa shape index (κ2) is 6.99. The fraction of sp³-hybridized carbons (Fsp3) is 0.625. The minimum atomic E-state index is -0.463. The highest BCUT2D eigenvalue weighted by molar-refractivity contribution is 9.10. The van der Waals surface area contributed by atoms with Gasteiger partial charge in [0.25, 0.3) is 0 Å². The Morgan fingerprint density at radius 3 is 2.50 bits per heavy atom. The van der Waals surface area contributed by atoms with Crippen LogP contribution in [0.25, 0.3) is 0 Å². The average Bonchev–Trinajstić information content (AvgIpc) is 2.45. The van der Waals surface area contributed by atoms with Crippen LogP contribution in [0, 0.1) is 23.5 Å². The Kier molecular flexibility index (Phi) is 5.56. The molecule has 0 saturated heterocycles.